The summed E-state index contributed by atoms with van der Waals surface area (Å²) in [6, 6.07) is 0. The molecule has 0 saturated heterocycles. The molecule has 2 heteroatoms. The van der Waals surface area contributed by atoms with Crippen LogP contribution in [-0.4, -0.2) is 39.9 Å². The van der Waals surface area contributed by atoms with E-state index in [1.54, 1.807) is 0 Å². The van der Waals surface area contributed by atoms with Crippen LogP contribution in [0.25, 0.3) is 0 Å². The van der Waals surface area contributed by atoms with Crippen LogP contribution in [0.15, 0.2) is 0 Å². The maximum absolute atomic E-state index is 2.75. The van der Waals surface area contributed by atoms with E-state index in [2.05, 4.69) is 5.32 Å². The topological polar surface area (TPSA) is 12.0 Å². The third kappa shape index (κ3) is 13.8. The predicted octanol–water partition coefficient (Wildman–Crippen LogP) is -1.35. The van der Waals surface area contributed by atoms with Gasteiger partial charge < -0.3 is 5.32 Å². The Hall–Kier alpha value is 0.830. The number of nitrogens with one attached hydrogen (secondary N) is 1. The molecule has 26 valence electrons. The average molecular weight is 163 g/mol. The molecule has 0 aromatic heterocycles. The van der Waals surface area contributed by atoms with Gasteiger partial charge in [0.25, 0.3) is 0 Å². The van der Waals surface area contributed by atoms with Gasteiger partial charge in [-0.05, 0) is 14.1 Å². The van der Waals surface area contributed by atoms with Crippen LogP contribution in [0.1, 0.15) is 0 Å². The van der Waals surface area contributed by atoms with Crippen molar-refractivity contribution in [3.05, 3.63) is 0 Å². The predicted molar refractivity (Wildman–Crippen MR) is 24.9 cm³/mol. The molecule has 0 heterocycles. The van der Waals surface area contributed by atoms with Crippen LogP contribution in [0.5, 0.6) is 0 Å². The summed E-state index contributed by atoms with van der Waals surface area (Å²) in [5, 5.41) is 2.75. The van der Waals surface area contributed by atoms with Crippen molar-refractivity contribution in [2.45, 2.75) is 0 Å². The first kappa shape index (κ1) is 8.85. The zero-order chi connectivity index (χ0) is 2.71. The van der Waals surface area contributed by atoms with Crippen molar-refractivity contribution >= 4 is 25.8 Å². The molecule has 4 heavy (non-hydrogen) atoms. The van der Waals surface area contributed by atoms with Gasteiger partial charge in [-0.1, -0.05) is 0 Å². The molecule has 0 radical (unpaired) electrons. The van der Waals surface area contributed by atoms with E-state index in [1.807, 2.05) is 14.1 Å². The first-order valence-electron chi connectivity index (χ1n) is 1.00. The third-order valence-corrected chi connectivity index (χ3v) is 0. The van der Waals surface area contributed by atoms with E-state index in [4.69, 9.17) is 0 Å². The molecule has 0 aliphatic rings. The van der Waals surface area contributed by atoms with Crippen molar-refractivity contribution in [2.24, 2.45) is 0 Å². The van der Waals surface area contributed by atoms with Gasteiger partial charge >= 0.3 is 25.8 Å². The quantitative estimate of drug-likeness (QED) is 0.465. The third-order valence-electron chi connectivity index (χ3n) is 0. The molecule has 1 N–H and O–H groups in total. The SMILES string of the molecule is CNC.[InH3]. The summed E-state index contributed by atoms with van der Waals surface area (Å²) in [4.78, 5) is 0. The van der Waals surface area contributed by atoms with Crippen molar-refractivity contribution < 1.29 is 0 Å². The van der Waals surface area contributed by atoms with Gasteiger partial charge in [0, 0.05) is 0 Å². The van der Waals surface area contributed by atoms with Crippen LogP contribution in [0.2, 0.25) is 0 Å². The standard InChI is InChI=1S/C2H7N.In.3H/c1-3-2;;;;/h3H,1-2H3;;;;. The maximum atomic E-state index is 2.75. The first-order chi connectivity index (χ1) is 1.41. The minimum atomic E-state index is 0. The molecular weight excluding hydrogens is 153 g/mol. The second-order valence-electron chi connectivity index (χ2n) is 0.500. The van der Waals surface area contributed by atoms with Crippen LogP contribution in [-0.2, 0) is 0 Å². The molecule has 0 atom stereocenters. The van der Waals surface area contributed by atoms with Crippen molar-refractivity contribution in [1.29, 1.82) is 0 Å². The molecular formula is C2H10InN. The van der Waals surface area contributed by atoms with Crippen LogP contribution < -0.4 is 5.32 Å². The van der Waals surface area contributed by atoms with E-state index >= 15 is 0 Å². The van der Waals surface area contributed by atoms with E-state index in [0.29, 0.717) is 0 Å². The molecule has 0 aliphatic heterocycles. The minimum absolute atomic E-state index is 0. The Labute approximate surface area is 45.6 Å². The Bertz CT molecular complexity index is 6.00. The summed E-state index contributed by atoms with van der Waals surface area (Å²) in [7, 11) is 3.75. The van der Waals surface area contributed by atoms with Gasteiger partial charge in [-0.2, -0.15) is 0 Å². The van der Waals surface area contributed by atoms with Gasteiger partial charge in [0.1, 0.15) is 0 Å². The van der Waals surface area contributed by atoms with Crippen LogP contribution in [0.4, 0.5) is 0 Å². The molecule has 0 aromatic rings. The van der Waals surface area contributed by atoms with Crippen LogP contribution in [0.3, 0.4) is 0 Å². The molecule has 0 aromatic carbocycles. The van der Waals surface area contributed by atoms with Gasteiger partial charge in [-0.25, -0.2) is 0 Å². The second-order valence-corrected chi connectivity index (χ2v) is 0.500. The van der Waals surface area contributed by atoms with Crippen molar-refractivity contribution in [3.8, 4) is 0 Å². The van der Waals surface area contributed by atoms with Gasteiger partial charge in [0.15, 0.2) is 0 Å². The van der Waals surface area contributed by atoms with Gasteiger partial charge in [0.05, 0.1) is 0 Å². The Kier molecular flexibility index (Phi) is 20.3. The molecule has 0 spiro atoms. The van der Waals surface area contributed by atoms with Crippen molar-refractivity contribution in [3.63, 3.8) is 0 Å². The van der Waals surface area contributed by atoms with Gasteiger partial charge in [-0.15, -0.1) is 0 Å². The van der Waals surface area contributed by atoms with Crippen LogP contribution in [0, 0.1) is 0 Å². The zero-order valence-corrected chi connectivity index (χ0v) is 2.50. The summed E-state index contributed by atoms with van der Waals surface area (Å²) < 4.78 is 0. The normalized spacial score (nSPS) is 4.50. The van der Waals surface area contributed by atoms with Gasteiger partial charge in [-0.3, -0.25) is 0 Å². The van der Waals surface area contributed by atoms with E-state index in [9.17, 15) is 0 Å². The van der Waals surface area contributed by atoms with Crippen LogP contribution >= 0.6 is 0 Å². The van der Waals surface area contributed by atoms with E-state index in [1.165, 1.54) is 0 Å². The Morgan fingerprint density at radius 2 is 1.25 bits per heavy atom. The molecule has 1 nitrogen and oxygen atoms in total. The Balaban J connectivity index is 0. The van der Waals surface area contributed by atoms with E-state index < -0.39 is 0 Å². The fraction of sp³-hybridized carbons (Fsp3) is 1.00. The summed E-state index contributed by atoms with van der Waals surface area (Å²) in [6.07, 6.45) is 0. The van der Waals surface area contributed by atoms with E-state index in [-0.39, 0.29) is 25.8 Å². The molecule has 0 unspecified atom stereocenters. The molecule has 0 fully saturated rings. The average Bonchev–Trinajstić information content (AvgIpc) is 0.918. The number of hydrogen-bond acceptors (Lipinski definition) is 1. The Morgan fingerprint density at radius 1 is 1.25 bits per heavy atom. The van der Waals surface area contributed by atoms with E-state index in [0.717, 1.165) is 0 Å². The van der Waals surface area contributed by atoms with Crippen molar-refractivity contribution in [1.82, 2.24) is 5.32 Å². The molecule has 0 saturated carbocycles. The van der Waals surface area contributed by atoms with Gasteiger partial charge in [0.2, 0.25) is 0 Å². The second kappa shape index (κ2) is 9.16. The molecule has 0 amide bonds. The number of rotatable bonds is 0. The summed E-state index contributed by atoms with van der Waals surface area (Å²) in [5.74, 6) is 0. The first-order valence-corrected chi connectivity index (χ1v) is 1.00. The summed E-state index contributed by atoms with van der Waals surface area (Å²) >= 11 is 0. The monoisotopic (exact) mass is 163 g/mol. The number of hydrogen-bond donors (Lipinski definition) is 1. The fourth-order valence-electron chi connectivity index (χ4n) is 0. The Morgan fingerprint density at radius 3 is 1.25 bits per heavy atom. The van der Waals surface area contributed by atoms with Crippen molar-refractivity contribution in [2.75, 3.05) is 14.1 Å². The molecule has 0 rings (SSSR count). The molecule has 0 bridgehead atoms. The molecule has 0 aliphatic carbocycles. The zero-order valence-electron chi connectivity index (χ0n) is 2.50. The summed E-state index contributed by atoms with van der Waals surface area (Å²) in [6.45, 7) is 0. The summed E-state index contributed by atoms with van der Waals surface area (Å²) in [5.41, 5.74) is 0. The fourth-order valence-corrected chi connectivity index (χ4v) is 0.